The Morgan fingerprint density at radius 1 is 1.39 bits per heavy atom. The fraction of sp³-hybridized carbons (Fsp3) is 0.625. The zero-order chi connectivity index (χ0) is 13.0. The highest BCUT2D eigenvalue weighted by Crippen LogP contribution is 2.27. The Kier molecular flexibility index (Phi) is 5.08. The fourth-order valence-electron chi connectivity index (χ4n) is 3.04. The summed E-state index contributed by atoms with van der Waals surface area (Å²) in [6.07, 6.45) is 6.51. The average Bonchev–Trinajstić information content (AvgIpc) is 2.36. The Hall–Kier alpha value is -0.530. The second kappa shape index (κ2) is 6.58. The summed E-state index contributed by atoms with van der Waals surface area (Å²) in [5.41, 5.74) is 1.32. The van der Waals surface area contributed by atoms with Crippen molar-refractivity contribution in [3.05, 3.63) is 34.9 Å². The Morgan fingerprint density at radius 2 is 2.22 bits per heavy atom. The number of hydrogen-bond acceptors (Lipinski definition) is 1. The summed E-state index contributed by atoms with van der Waals surface area (Å²) in [7, 11) is 0. The van der Waals surface area contributed by atoms with Gasteiger partial charge in [0.15, 0.2) is 0 Å². The minimum Gasteiger partial charge on any atom is -0.307 e. The van der Waals surface area contributed by atoms with Crippen molar-refractivity contribution in [2.45, 2.75) is 58.0 Å². The summed E-state index contributed by atoms with van der Waals surface area (Å²) in [4.78, 5) is 0. The molecule has 0 spiro atoms. The average molecular weight is 266 g/mol. The van der Waals surface area contributed by atoms with Crippen LogP contribution < -0.4 is 5.32 Å². The molecular weight excluding hydrogens is 242 g/mol. The maximum atomic E-state index is 6.08. The minimum absolute atomic E-state index is 0.444. The van der Waals surface area contributed by atoms with Gasteiger partial charge in [0.2, 0.25) is 0 Å². The lowest BCUT2D eigenvalue weighted by Gasteiger charge is -2.31. The maximum absolute atomic E-state index is 6.08. The van der Waals surface area contributed by atoms with Gasteiger partial charge in [-0.05, 0) is 42.9 Å². The van der Waals surface area contributed by atoms with E-state index >= 15 is 0 Å². The van der Waals surface area contributed by atoms with E-state index in [4.69, 9.17) is 11.6 Å². The van der Waals surface area contributed by atoms with Crippen LogP contribution in [0.1, 0.15) is 57.6 Å². The van der Waals surface area contributed by atoms with Gasteiger partial charge in [0.25, 0.3) is 0 Å². The van der Waals surface area contributed by atoms with Crippen LogP contribution in [-0.2, 0) is 0 Å². The third-order valence-electron chi connectivity index (χ3n) is 4.03. The first-order valence-electron chi connectivity index (χ1n) is 7.20. The van der Waals surface area contributed by atoms with E-state index in [9.17, 15) is 0 Å². The van der Waals surface area contributed by atoms with Crippen molar-refractivity contribution in [2.75, 3.05) is 0 Å². The van der Waals surface area contributed by atoms with Crippen LogP contribution in [0.2, 0.25) is 5.02 Å². The van der Waals surface area contributed by atoms with Crippen molar-refractivity contribution in [1.29, 1.82) is 0 Å². The van der Waals surface area contributed by atoms with Crippen LogP contribution in [0.3, 0.4) is 0 Å². The topological polar surface area (TPSA) is 12.0 Å². The minimum atomic E-state index is 0.444. The zero-order valence-electron chi connectivity index (χ0n) is 11.5. The lowest BCUT2D eigenvalue weighted by Crippen LogP contribution is -2.36. The molecule has 100 valence electrons. The number of halogens is 1. The highest BCUT2D eigenvalue weighted by atomic mass is 35.5. The summed E-state index contributed by atoms with van der Waals surface area (Å²) in [6.45, 7) is 4.61. The lowest BCUT2D eigenvalue weighted by atomic mass is 9.86. The molecule has 1 aliphatic carbocycles. The normalized spacial score (nSPS) is 25.9. The lowest BCUT2D eigenvalue weighted by molar-refractivity contribution is 0.278. The smallest absolute Gasteiger partial charge is 0.0409 e. The van der Waals surface area contributed by atoms with Gasteiger partial charge in [-0.1, -0.05) is 50.4 Å². The molecule has 1 saturated carbocycles. The Bertz CT molecular complexity index is 377. The third kappa shape index (κ3) is 3.73. The monoisotopic (exact) mass is 265 g/mol. The van der Waals surface area contributed by atoms with E-state index in [1.165, 1.54) is 31.2 Å². The van der Waals surface area contributed by atoms with Crippen LogP contribution in [0.25, 0.3) is 0 Å². The van der Waals surface area contributed by atoms with Crippen LogP contribution in [-0.4, -0.2) is 6.04 Å². The third-order valence-corrected chi connectivity index (χ3v) is 4.27. The van der Waals surface area contributed by atoms with E-state index in [0.717, 1.165) is 17.4 Å². The molecule has 18 heavy (non-hydrogen) atoms. The van der Waals surface area contributed by atoms with Crippen LogP contribution in [0.4, 0.5) is 0 Å². The molecule has 0 saturated heterocycles. The second-order valence-electron chi connectivity index (χ2n) is 5.65. The molecule has 1 nitrogen and oxygen atoms in total. The Balaban J connectivity index is 2.00. The van der Waals surface area contributed by atoms with Crippen molar-refractivity contribution >= 4 is 11.6 Å². The molecule has 0 heterocycles. The molecule has 1 aromatic rings. The number of benzene rings is 1. The SMILES string of the molecule is CCC(NC1CCCC(C)C1)c1cccc(Cl)c1. The number of nitrogens with one attached hydrogen (secondary N) is 1. The van der Waals surface area contributed by atoms with Crippen LogP contribution in [0.5, 0.6) is 0 Å². The van der Waals surface area contributed by atoms with E-state index in [1.807, 2.05) is 12.1 Å². The van der Waals surface area contributed by atoms with Gasteiger partial charge in [0, 0.05) is 17.1 Å². The quantitative estimate of drug-likeness (QED) is 0.811. The standard InChI is InChI=1S/C16H24ClN/c1-3-16(13-7-5-8-14(17)11-13)18-15-9-4-6-12(2)10-15/h5,7-8,11-12,15-16,18H,3-4,6,9-10H2,1-2H3. The maximum Gasteiger partial charge on any atom is 0.0409 e. The molecule has 3 atom stereocenters. The summed E-state index contributed by atoms with van der Waals surface area (Å²) in [5.74, 6) is 0.869. The molecule has 0 bridgehead atoms. The molecule has 1 aliphatic rings. The molecule has 0 amide bonds. The molecule has 0 aromatic heterocycles. The summed E-state index contributed by atoms with van der Waals surface area (Å²) < 4.78 is 0. The molecule has 3 unspecified atom stereocenters. The van der Waals surface area contributed by atoms with Gasteiger partial charge in [0.1, 0.15) is 0 Å². The first-order chi connectivity index (χ1) is 8.69. The number of rotatable bonds is 4. The predicted octanol–water partition coefficient (Wildman–Crippen LogP) is 4.96. The van der Waals surface area contributed by atoms with Crippen LogP contribution in [0.15, 0.2) is 24.3 Å². The van der Waals surface area contributed by atoms with Crippen LogP contribution >= 0.6 is 11.6 Å². The zero-order valence-corrected chi connectivity index (χ0v) is 12.2. The van der Waals surface area contributed by atoms with Gasteiger partial charge in [0.05, 0.1) is 0 Å². The molecule has 1 aromatic carbocycles. The summed E-state index contributed by atoms with van der Waals surface area (Å²) in [6, 6.07) is 9.39. The largest absolute Gasteiger partial charge is 0.307 e. The van der Waals surface area contributed by atoms with Crippen molar-refractivity contribution in [1.82, 2.24) is 5.32 Å². The summed E-state index contributed by atoms with van der Waals surface area (Å²) in [5, 5.41) is 4.66. The van der Waals surface area contributed by atoms with E-state index in [2.05, 4.69) is 31.3 Å². The van der Waals surface area contributed by atoms with Crippen molar-refractivity contribution < 1.29 is 0 Å². The Morgan fingerprint density at radius 3 is 2.89 bits per heavy atom. The molecule has 2 rings (SSSR count). The molecule has 1 N–H and O–H groups in total. The molecule has 1 fully saturated rings. The molecular formula is C16H24ClN. The van der Waals surface area contributed by atoms with Gasteiger partial charge in [-0.15, -0.1) is 0 Å². The number of hydrogen-bond donors (Lipinski definition) is 1. The van der Waals surface area contributed by atoms with Crippen molar-refractivity contribution in [3.8, 4) is 0 Å². The van der Waals surface area contributed by atoms with Gasteiger partial charge in [-0.2, -0.15) is 0 Å². The highest BCUT2D eigenvalue weighted by molar-refractivity contribution is 6.30. The highest BCUT2D eigenvalue weighted by Gasteiger charge is 2.21. The van der Waals surface area contributed by atoms with Gasteiger partial charge in [-0.3, -0.25) is 0 Å². The molecule has 0 radical (unpaired) electrons. The summed E-state index contributed by atoms with van der Waals surface area (Å²) >= 11 is 6.08. The van der Waals surface area contributed by atoms with Crippen molar-refractivity contribution in [3.63, 3.8) is 0 Å². The second-order valence-corrected chi connectivity index (χ2v) is 6.09. The predicted molar refractivity (Wildman–Crippen MR) is 79.0 cm³/mol. The van der Waals surface area contributed by atoms with Gasteiger partial charge >= 0.3 is 0 Å². The van der Waals surface area contributed by atoms with Crippen LogP contribution in [0, 0.1) is 5.92 Å². The first kappa shape index (κ1) is 13.9. The van der Waals surface area contributed by atoms with E-state index < -0.39 is 0 Å². The fourth-order valence-corrected chi connectivity index (χ4v) is 3.24. The van der Waals surface area contributed by atoms with Crippen molar-refractivity contribution in [2.24, 2.45) is 5.92 Å². The first-order valence-corrected chi connectivity index (χ1v) is 7.58. The Labute approximate surface area is 116 Å². The van der Waals surface area contributed by atoms with Gasteiger partial charge < -0.3 is 5.32 Å². The van der Waals surface area contributed by atoms with Gasteiger partial charge in [-0.25, -0.2) is 0 Å². The van der Waals surface area contributed by atoms with E-state index in [-0.39, 0.29) is 0 Å². The van der Waals surface area contributed by atoms with E-state index in [0.29, 0.717) is 12.1 Å². The van der Waals surface area contributed by atoms with E-state index in [1.54, 1.807) is 0 Å². The molecule has 2 heteroatoms. The molecule has 0 aliphatic heterocycles.